The molecular weight excluding hydrogens is 295 g/mol. The van der Waals surface area contributed by atoms with Crippen LogP contribution in [0.25, 0.3) is 5.53 Å². The highest BCUT2D eigenvalue weighted by atomic mass is 35.5. The Hall–Kier alpha value is -1.99. The van der Waals surface area contributed by atoms with Crippen molar-refractivity contribution < 1.29 is 14.1 Å². The van der Waals surface area contributed by atoms with Crippen LogP contribution in [0.2, 0.25) is 0 Å². The van der Waals surface area contributed by atoms with Crippen LogP contribution in [-0.2, 0) is 9.36 Å². The van der Waals surface area contributed by atoms with E-state index in [9.17, 15) is 9.36 Å². The highest BCUT2D eigenvalue weighted by Gasteiger charge is 2.44. The second-order valence-corrected chi connectivity index (χ2v) is 7.00. The first-order valence-corrected chi connectivity index (χ1v) is 7.83. The predicted molar refractivity (Wildman–Crippen MR) is 79.2 cm³/mol. The lowest BCUT2D eigenvalue weighted by Gasteiger charge is -2.13. The molecule has 6 heteroatoms. The first-order valence-electron chi connectivity index (χ1n) is 5.74. The number of carbonyl (C=O) groups is 1. The Labute approximate surface area is 121 Å². The normalized spacial score (nSPS) is 10.7. The van der Waals surface area contributed by atoms with Gasteiger partial charge in [-0.05, 0) is 11.6 Å². The van der Waals surface area contributed by atoms with Crippen LogP contribution in [0.4, 0.5) is 0 Å². The van der Waals surface area contributed by atoms with E-state index in [1.54, 1.807) is 60.7 Å². The average Bonchev–Trinajstić information content (AvgIpc) is 2.49. The Morgan fingerprint density at radius 1 is 0.950 bits per heavy atom. The van der Waals surface area contributed by atoms with E-state index in [0.29, 0.717) is 10.6 Å². The highest BCUT2D eigenvalue weighted by molar-refractivity contribution is 7.95. The minimum Gasteiger partial charge on any atom is -0.360 e. The van der Waals surface area contributed by atoms with Crippen LogP contribution in [0, 0.1) is 0 Å². The summed E-state index contributed by atoms with van der Waals surface area (Å²) in [5.74, 6) is 0. The molecule has 0 unspecified atom stereocenters. The van der Waals surface area contributed by atoms with Gasteiger partial charge in [0.25, 0.3) is 7.14 Å². The Balaban J connectivity index is 2.78. The van der Waals surface area contributed by atoms with Crippen molar-refractivity contribution in [3.63, 3.8) is 0 Å². The number of carbonyl (C=O) groups excluding carboxylic acids is 1. The van der Waals surface area contributed by atoms with Crippen LogP contribution in [-0.4, -0.2) is 15.5 Å². The minimum atomic E-state index is -3.57. The lowest BCUT2D eigenvalue weighted by Crippen LogP contribution is -2.26. The molecule has 2 aromatic carbocycles. The molecule has 0 spiro atoms. The van der Waals surface area contributed by atoms with E-state index >= 15 is 0 Å². The van der Waals surface area contributed by atoms with Gasteiger partial charge < -0.3 is 10.1 Å². The van der Waals surface area contributed by atoms with Gasteiger partial charge in [0.05, 0.1) is 0 Å². The smallest absolute Gasteiger partial charge is 0.360 e. The zero-order valence-corrected chi connectivity index (χ0v) is 12.0. The van der Waals surface area contributed by atoms with Gasteiger partial charge in [0.2, 0.25) is 0 Å². The van der Waals surface area contributed by atoms with Crippen molar-refractivity contribution >= 4 is 40.0 Å². The Kier molecular flexibility index (Phi) is 4.31. The van der Waals surface area contributed by atoms with Gasteiger partial charge in [0, 0.05) is 10.6 Å². The molecule has 20 heavy (non-hydrogen) atoms. The third-order valence-corrected chi connectivity index (χ3v) is 6.06. The fourth-order valence-corrected chi connectivity index (χ4v) is 4.64. The number of hydrogen-bond donors (Lipinski definition) is 0. The van der Waals surface area contributed by atoms with Crippen LogP contribution in [0.3, 0.4) is 0 Å². The number of hydrogen-bond acceptors (Lipinski definition) is 2. The maximum absolute atomic E-state index is 13.4. The summed E-state index contributed by atoms with van der Waals surface area (Å²) in [7, 11) is -3.57. The zero-order chi connectivity index (χ0) is 14.6. The zero-order valence-electron chi connectivity index (χ0n) is 10.3. The number of nitrogens with zero attached hydrogens (tertiary/aromatic N) is 2. The first-order chi connectivity index (χ1) is 9.60. The monoisotopic (exact) mass is 304 g/mol. The van der Waals surface area contributed by atoms with E-state index in [1.807, 2.05) is 0 Å². The summed E-state index contributed by atoms with van der Waals surface area (Å²) in [4.78, 5) is 14.4. The molecular formula is C14H10ClN2O2P. The fraction of sp³-hybridized carbons (Fsp3) is 0. The SMILES string of the molecule is [N-]=[N+]=C(C(=O)Cl)P(=O)(c1ccccc1)c1ccccc1. The fourth-order valence-electron chi connectivity index (χ4n) is 1.90. The van der Waals surface area contributed by atoms with Gasteiger partial charge >= 0.3 is 10.7 Å². The topological polar surface area (TPSA) is 70.5 Å². The Morgan fingerprint density at radius 2 is 1.35 bits per heavy atom. The number of rotatable bonds is 4. The Bertz CT molecular complexity index is 682. The molecule has 0 fully saturated rings. The van der Waals surface area contributed by atoms with E-state index in [0.717, 1.165) is 0 Å². The molecule has 0 atom stereocenters. The molecule has 0 heterocycles. The van der Waals surface area contributed by atoms with Crippen LogP contribution in [0.5, 0.6) is 0 Å². The van der Waals surface area contributed by atoms with Crippen molar-refractivity contribution in [2.24, 2.45) is 0 Å². The van der Waals surface area contributed by atoms with Crippen LogP contribution < -0.4 is 10.6 Å². The first kappa shape index (κ1) is 14.4. The molecule has 0 radical (unpaired) electrons. The molecule has 0 saturated heterocycles. The van der Waals surface area contributed by atoms with Crippen molar-refractivity contribution in [1.29, 1.82) is 0 Å². The molecule has 100 valence electrons. The van der Waals surface area contributed by atoms with E-state index in [1.165, 1.54) is 0 Å². The van der Waals surface area contributed by atoms with Gasteiger partial charge in [-0.25, -0.2) is 0 Å². The van der Waals surface area contributed by atoms with Crippen molar-refractivity contribution in [3.05, 3.63) is 66.2 Å². The molecule has 0 aliphatic rings. The standard InChI is InChI=1S/C14H10ClN2O2P/c15-13(18)14(17-16)20(19,11-7-3-1-4-8-11)12-9-5-2-6-10-12/h1-10H. The molecule has 2 rings (SSSR count). The maximum atomic E-state index is 13.4. The third kappa shape index (κ3) is 2.50. The molecule has 0 amide bonds. The van der Waals surface area contributed by atoms with Crippen molar-refractivity contribution in [2.45, 2.75) is 0 Å². The molecule has 0 aliphatic carbocycles. The van der Waals surface area contributed by atoms with Crippen LogP contribution >= 0.6 is 18.7 Å². The molecule has 0 aliphatic heterocycles. The van der Waals surface area contributed by atoms with Crippen molar-refractivity contribution in [1.82, 2.24) is 0 Å². The summed E-state index contributed by atoms with van der Waals surface area (Å²) in [5, 5.41) is -0.274. The second-order valence-electron chi connectivity index (χ2n) is 3.98. The van der Waals surface area contributed by atoms with Gasteiger partial charge in [0.15, 0.2) is 0 Å². The molecule has 0 aromatic heterocycles. The molecule has 0 N–H and O–H groups in total. The summed E-state index contributed by atoms with van der Waals surface area (Å²) in [6.07, 6.45) is 0. The number of halogens is 1. The van der Waals surface area contributed by atoms with E-state index in [-0.39, 0.29) is 0 Å². The second kappa shape index (κ2) is 5.98. The summed E-state index contributed by atoms with van der Waals surface area (Å²) < 4.78 is 13.4. The van der Waals surface area contributed by atoms with Gasteiger partial charge in [-0.3, -0.25) is 4.79 Å². The lowest BCUT2D eigenvalue weighted by molar-refractivity contribution is -0.109. The van der Waals surface area contributed by atoms with E-state index in [2.05, 4.69) is 4.79 Å². The predicted octanol–water partition coefficient (Wildman–Crippen LogP) is 2.39. The van der Waals surface area contributed by atoms with Crippen LogP contribution in [0.15, 0.2) is 60.7 Å². The summed E-state index contributed by atoms with van der Waals surface area (Å²) in [6.45, 7) is 0. The lowest BCUT2D eigenvalue weighted by atomic mass is 10.4. The van der Waals surface area contributed by atoms with Crippen molar-refractivity contribution in [3.8, 4) is 0 Å². The summed E-state index contributed by atoms with van der Waals surface area (Å²) in [6, 6.07) is 16.7. The van der Waals surface area contributed by atoms with Crippen molar-refractivity contribution in [2.75, 3.05) is 0 Å². The molecule has 4 nitrogen and oxygen atoms in total. The van der Waals surface area contributed by atoms with E-state index < -0.39 is 17.8 Å². The minimum absolute atomic E-state index is 0.382. The van der Waals surface area contributed by atoms with Gasteiger partial charge in [-0.15, -0.1) is 0 Å². The Morgan fingerprint density at radius 3 is 1.65 bits per heavy atom. The van der Waals surface area contributed by atoms with Gasteiger partial charge in [-0.1, -0.05) is 60.7 Å². The van der Waals surface area contributed by atoms with Gasteiger partial charge in [-0.2, -0.15) is 4.79 Å². The molecule has 0 bridgehead atoms. The van der Waals surface area contributed by atoms with Gasteiger partial charge in [0.1, 0.15) is 0 Å². The quantitative estimate of drug-likeness (QED) is 0.286. The summed E-state index contributed by atoms with van der Waals surface area (Å²) >= 11 is 5.43. The maximum Gasteiger partial charge on any atom is 0.414 e. The average molecular weight is 305 g/mol. The third-order valence-electron chi connectivity index (χ3n) is 2.81. The number of benzene rings is 2. The largest absolute Gasteiger partial charge is 0.414 e. The summed E-state index contributed by atoms with van der Waals surface area (Å²) in [5.41, 5.74) is 8.52. The molecule has 2 aromatic rings. The highest BCUT2D eigenvalue weighted by Crippen LogP contribution is 2.44. The molecule has 0 saturated carbocycles. The van der Waals surface area contributed by atoms with E-state index in [4.69, 9.17) is 17.1 Å². The van der Waals surface area contributed by atoms with Crippen LogP contribution in [0.1, 0.15) is 0 Å².